The fraction of sp³-hybridized carbons (Fsp3) is 0.353. The first-order chi connectivity index (χ1) is 10.3. The molecule has 3 rings (SSSR count). The molecular formula is C17H20N2O2. The Morgan fingerprint density at radius 1 is 1.00 bits per heavy atom. The summed E-state index contributed by atoms with van der Waals surface area (Å²) >= 11 is 0. The van der Waals surface area contributed by atoms with Crippen LogP contribution in [-0.2, 0) is 0 Å². The number of hydrogen-bond donors (Lipinski definition) is 1. The lowest BCUT2D eigenvalue weighted by Crippen LogP contribution is -2.49. The summed E-state index contributed by atoms with van der Waals surface area (Å²) in [6, 6.07) is 13.9. The molecule has 0 spiro atoms. The fourth-order valence-corrected chi connectivity index (χ4v) is 2.90. The number of fused-ring (bicyclic) bond motifs is 1. The van der Waals surface area contributed by atoms with Crippen LogP contribution in [0.4, 0.5) is 0 Å². The van der Waals surface area contributed by atoms with Gasteiger partial charge >= 0.3 is 0 Å². The highest BCUT2D eigenvalue weighted by atomic mass is 16.3. The van der Waals surface area contributed by atoms with Crippen molar-refractivity contribution in [3.05, 3.63) is 48.0 Å². The Hall–Kier alpha value is -1.91. The van der Waals surface area contributed by atoms with Gasteiger partial charge in [0.15, 0.2) is 0 Å². The zero-order valence-corrected chi connectivity index (χ0v) is 12.0. The molecule has 0 radical (unpaired) electrons. The third-order valence-corrected chi connectivity index (χ3v) is 4.10. The van der Waals surface area contributed by atoms with E-state index in [1.54, 1.807) is 0 Å². The molecule has 4 nitrogen and oxygen atoms in total. The lowest BCUT2D eigenvalue weighted by atomic mass is 10.0. The van der Waals surface area contributed by atoms with Crippen molar-refractivity contribution in [3.63, 3.8) is 0 Å². The number of aliphatic hydroxyl groups is 1. The molecule has 0 aromatic heterocycles. The van der Waals surface area contributed by atoms with E-state index in [1.165, 1.54) is 0 Å². The van der Waals surface area contributed by atoms with Crippen molar-refractivity contribution in [3.8, 4) is 0 Å². The van der Waals surface area contributed by atoms with Crippen LogP contribution in [0.15, 0.2) is 42.5 Å². The Balaban J connectivity index is 1.79. The minimum atomic E-state index is 0.107. The molecule has 0 atom stereocenters. The van der Waals surface area contributed by atoms with Gasteiger partial charge in [-0.3, -0.25) is 9.69 Å². The molecule has 1 aliphatic rings. The maximum absolute atomic E-state index is 12.7. The number of carbonyl (C=O) groups is 1. The number of benzene rings is 2. The maximum atomic E-state index is 12.7. The molecule has 1 aliphatic heterocycles. The van der Waals surface area contributed by atoms with E-state index in [4.69, 9.17) is 5.11 Å². The number of rotatable bonds is 3. The Bertz CT molecular complexity index is 628. The summed E-state index contributed by atoms with van der Waals surface area (Å²) in [7, 11) is 0. The van der Waals surface area contributed by atoms with E-state index in [0.29, 0.717) is 6.54 Å². The average Bonchev–Trinajstić information content (AvgIpc) is 2.55. The van der Waals surface area contributed by atoms with E-state index in [0.717, 1.165) is 42.5 Å². The Kier molecular flexibility index (Phi) is 4.18. The highest BCUT2D eigenvalue weighted by Gasteiger charge is 2.22. The summed E-state index contributed by atoms with van der Waals surface area (Å²) in [5.74, 6) is 0.107. The lowest BCUT2D eigenvalue weighted by molar-refractivity contribution is 0.0617. The molecule has 0 aliphatic carbocycles. The first-order valence-electron chi connectivity index (χ1n) is 7.40. The van der Waals surface area contributed by atoms with E-state index in [2.05, 4.69) is 4.90 Å². The van der Waals surface area contributed by atoms with Crippen LogP contribution in [-0.4, -0.2) is 60.1 Å². The molecule has 2 aromatic carbocycles. The van der Waals surface area contributed by atoms with Crippen LogP contribution in [0, 0.1) is 0 Å². The van der Waals surface area contributed by atoms with Crippen molar-refractivity contribution >= 4 is 16.7 Å². The molecule has 0 saturated carbocycles. The predicted octanol–water partition coefficient (Wildman–Crippen LogP) is 1.59. The second-order valence-corrected chi connectivity index (χ2v) is 5.38. The largest absolute Gasteiger partial charge is 0.395 e. The minimum absolute atomic E-state index is 0.107. The zero-order valence-electron chi connectivity index (χ0n) is 12.0. The summed E-state index contributed by atoms with van der Waals surface area (Å²) in [5, 5.41) is 11.1. The summed E-state index contributed by atoms with van der Waals surface area (Å²) < 4.78 is 0. The van der Waals surface area contributed by atoms with Crippen molar-refractivity contribution in [1.29, 1.82) is 0 Å². The number of piperazine rings is 1. The Morgan fingerprint density at radius 3 is 2.48 bits per heavy atom. The van der Waals surface area contributed by atoms with Gasteiger partial charge in [-0.2, -0.15) is 0 Å². The number of carbonyl (C=O) groups excluding carboxylic acids is 1. The second-order valence-electron chi connectivity index (χ2n) is 5.38. The molecule has 1 heterocycles. The van der Waals surface area contributed by atoms with Crippen LogP contribution in [0.1, 0.15) is 10.4 Å². The van der Waals surface area contributed by atoms with Crippen LogP contribution in [0.3, 0.4) is 0 Å². The van der Waals surface area contributed by atoms with E-state index in [1.807, 2.05) is 47.4 Å². The Morgan fingerprint density at radius 2 is 1.71 bits per heavy atom. The molecule has 4 heteroatoms. The van der Waals surface area contributed by atoms with Crippen LogP contribution >= 0.6 is 0 Å². The van der Waals surface area contributed by atoms with Crippen molar-refractivity contribution in [2.45, 2.75) is 0 Å². The van der Waals surface area contributed by atoms with E-state index >= 15 is 0 Å². The second kappa shape index (κ2) is 6.24. The van der Waals surface area contributed by atoms with Gasteiger partial charge < -0.3 is 10.0 Å². The quantitative estimate of drug-likeness (QED) is 0.931. The lowest BCUT2D eigenvalue weighted by Gasteiger charge is -2.34. The number of amides is 1. The van der Waals surface area contributed by atoms with Gasteiger partial charge in [0.05, 0.1) is 6.61 Å². The first-order valence-corrected chi connectivity index (χ1v) is 7.40. The number of nitrogens with zero attached hydrogens (tertiary/aromatic N) is 2. The van der Waals surface area contributed by atoms with Gasteiger partial charge in [0.25, 0.3) is 5.91 Å². The third kappa shape index (κ3) is 2.91. The van der Waals surface area contributed by atoms with Gasteiger partial charge in [-0.1, -0.05) is 36.4 Å². The highest BCUT2D eigenvalue weighted by Crippen LogP contribution is 2.20. The fourth-order valence-electron chi connectivity index (χ4n) is 2.90. The summed E-state index contributed by atoms with van der Waals surface area (Å²) in [6.07, 6.45) is 0. The van der Waals surface area contributed by atoms with Crippen molar-refractivity contribution in [2.75, 3.05) is 39.3 Å². The van der Waals surface area contributed by atoms with Crippen LogP contribution in [0.5, 0.6) is 0 Å². The SMILES string of the molecule is O=C(c1cccc2ccccc12)N1CCN(CCO)CC1. The van der Waals surface area contributed by atoms with Gasteiger partial charge in [-0.05, 0) is 16.8 Å². The van der Waals surface area contributed by atoms with Crippen LogP contribution in [0.25, 0.3) is 10.8 Å². The molecule has 21 heavy (non-hydrogen) atoms. The molecule has 0 bridgehead atoms. The molecule has 0 unspecified atom stereocenters. The van der Waals surface area contributed by atoms with Crippen LogP contribution in [0.2, 0.25) is 0 Å². The number of hydrogen-bond acceptors (Lipinski definition) is 3. The molecule has 1 saturated heterocycles. The van der Waals surface area contributed by atoms with Gasteiger partial charge in [0, 0.05) is 38.3 Å². The van der Waals surface area contributed by atoms with Gasteiger partial charge in [-0.15, -0.1) is 0 Å². The Labute approximate surface area is 124 Å². The number of aliphatic hydroxyl groups excluding tert-OH is 1. The third-order valence-electron chi connectivity index (χ3n) is 4.10. The molecule has 110 valence electrons. The molecule has 2 aromatic rings. The number of β-amino-alcohol motifs (C(OH)–C–C–N with tert-alkyl or cyclic N) is 1. The topological polar surface area (TPSA) is 43.8 Å². The monoisotopic (exact) mass is 284 g/mol. The maximum Gasteiger partial charge on any atom is 0.254 e. The normalized spacial score (nSPS) is 16.3. The standard InChI is InChI=1S/C17H20N2O2/c20-13-12-18-8-10-19(11-9-18)17(21)16-7-3-5-14-4-1-2-6-15(14)16/h1-7,20H,8-13H2. The zero-order chi connectivity index (χ0) is 14.7. The smallest absolute Gasteiger partial charge is 0.254 e. The highest BCUT2D eigenvalue weighted by molar-refractivity contribution is 6.07. The minimum Gasteiger partial charge on any atom is -0.395 e. The molecule has 1 fully saturated rings. The van der Waals surface area contributed by atoms with Crippen molar-refractivity contribution < 1.29 is 9.90 Å². The molecule has 1 amide bonds. The van der Waals surface area contributed by atoms with E-state index in [9.17, 15) is 4.79 Å². The van der Waals surface area contributed by atoms with Crippen molar-refractivity contribution in [2.24, 2.45) is 0 Å². The van der Waals surface area contributed by atoms with Gasteiger partial charge in [-0.25, -0.2) is 0 Å². The summed E-state index contributed by atoms with van der Waals surface area (Å²) in [5.41, 5.74) is 0.781. The van der Waals surface area contributed by atoms with Crippen LogP contribution < -0.4 is 0 Å². The van der Waals surface area contributed by atoms with Gasteiger partial charge in [0.2, 0.25) is 0 Å². The summed E-state index contributed by atoms with van der Waals surface area (Å²) in [6.45, 7) is 3.98. The predicted molar refractivity (Wildman–Crippen MR) is 83.4 cm³/mol. The molecular weight excluding hydrogens is 264 g/mol. The average molecular weight is 284 g/mol. The van der Waals surface area contributed by atoms with Gasteiger partial charge in [0.1, 0.15) is 0 Å². The van der Waals surface area contributed by atoms with E-state index < -0.39 is 0 Å². The van der Waals surface area contributed by atoms with E-state index in [-0.39, 0.29) is 12.5 Å². The summed E-state index contributed by atoms with van der Waals surface area (Å²) in [4.78, 5) is 16.8. The van der Waals surface area contributed by atoms with Crippen molar-refractivity contribution in [1.82, 2.24) is 9.80 Å². The first kappa shape index (κ1) is 14.0. The molecule has 1 N–H and O–H groups in total.